The maximum Gasteiger partial charge on any atom is 0.272 e. The molecule has 0 aromatic carbocycles. The van der Waals surface area contributed by atoms with Crippen LogP contribution in [0, 0.1) is 6.92 Å². The average molecular weight is 279 g/mol. The van der Waals surface area contributed by atoms with Crippen LogP contribution in [-0.4, -0.2) is 52.7 Å². The van der Waals surface area contributed by atoms with Gasteiger partial charge in [0.25, 0.3) is 5.91 Å². The van der Waals surface area contributed by atoms with E-state index in [2.05, 4.69) is 5.10 Å². The molecular weight excluding hydrogens is 258 g/mol. The highest BCUT2D eigenvalue weighted by atomic mass is 16.7. The molecule has 1 spiro atoms. The summed E-state index contributed by atoms with van der Waals surface area (Å²) in [6.45, 7) is 7.28. The second kappa shape index (κ2) is 5.18. The number of rotatable bonds is 2. The monoisotopic (exact) mass is 279 g/mol. The van der Waals surface area contributed by atoms with Gasteiger partial charge in [0.2, 0.25) is 0 Å². The first-order valence-electron chi connectivity index (χ1n) is 7.25. The molecule has 0 saturated carbocycles. The van der Waals surface area contributed by atoms with Crippen molar-refractivity contribution in [2.24, 2.45) is 0 Å². The lowest BCUT2D eigenvalue weighted by molar-refractivity contribution is -0.181. The largest absolute Gasteiger partial charge is 0.347 e. The maximum absolute atomic E-state index is 12.6. The molecule has 1 aromatic rings. The van der Waals surface area contributed by atoms with E-state index in [1.165, 1.54) is 0 Å². The summed E-state index contributed by atoms with van der Waals surface area (Å²) in [5, 5.41) is 4.34. The molecular formula is C14H21N3O3. The van der Waals surface area contributed by atoms with Crippen LogP contribution in [-0.2, 0) is 16.0 Å². The van der Waals surface area contributed by atoms with Gasteiger partial charge < -0.3 is 14.4 Å². The van der Waals surface area contributed by atoms with Crippen LogP contribution in [0.2, 0.25) is 0 Å². The van der Waals surface area contributed by atoms with Crippen LogP contribution >= 0.6 is 0 Å². The number of hydrogen-bond donors (Lipinski definition) is 0. The van der Waals surface area contributed by atoms with Gasteiger partial charge in [0.1, 0.15) is 5.69 Å². The molecule has 2 saturated heterocycles. The van der Waals surface area contributed by atoms with Crippen LogP contribution in [0.25, 0.3) is 0 Å². The summed E-state index contributed by atoms with van der Waals surface area (Å²) in [4.78, 5) is 14.5. The van der Waals surface area contributed by atoms with E-state index < -0.39 is 5.79 Å². The fourth-order valence-corrected chi connectivity index (χ4v) is 2.96. The predicted octanol–water partition coefficient (Wildman–Crippen LogP) is 1.19. The Balaban J connectivity index is 1.69. The van der Waals surface area contributed by atoms with Crippen molar-refractivity contribution >= 4 is 5.91 Å². The molecule has 0 unspecified atom stereocenters. The third kappa shape index (κ3) is 2.33. The number of aryl methyl sites for hydroxylation is 2. The summed E-state index contributed by atoms with van der Waals surface area (Å²) in [5.74, 6) is -0.377. The lowest BCUT2D eigenvalue weighted by Crippen LogP contribution is -2.47. The summed E-state index contributed by atoms with van der Waals surface area (Å²) < 4.78 is 13.1. The van der Waals surface area contributed by atoms with E-state index in [0.29, 0.717) is 38.5 Å². The number of ether oxygens (including phenoxy) is 2. The second-order valence-electron chi connectivity index (χ2n) is 5.39. The molecule has 0 bridgehead atoms. The lowest BCUT2D eigenvalue weighted by atomic mass is 10.0. The number of carbonyl (C=O) groups excluding carboxylic acids is 1. The first-order valence-corrected chi connectivity index (χ1v) is 7.25. The van der Waals surface area contributed by atoms with E-state index in [1.807, 2.05) is 24.8 Å². The molecule has 0 atom stereocenters. The molecule has 3 heterocycles. The summed E-state index contributed by atoms with van der Waals surface area (Å²) in [5.41, 5.74) is 1.56. The predicted molar refractivity (Wildman–Crippen MR) is 72.4 cm³/mol. The number of carbonyl (C=O) groups is 1. The summed E-state index contributed by atoms with van der Waals surface area (Å²) >= 11 is 0. The Labute approximate surface area is 118 Å². The third-order valence-corrected chi connectivity index (χ3v) is 4.05. The van der Waals surface area contributed by atoms with Gasteiger partial charge in [-0.05, 0) is 19.9 Å². The number of aromatic nitrogens is 2. The number of nitrogens with zero attached hydrogens (tertiary/aromatic N) is 3. The molecule has 110 valence electrons. The van der Waals surface area contributed by atoms with Gasteiger partial charge in [-0.1, -0.05) is 0 Å². The Morgan fingerprint density at radius 1 is 1.35 bits per heavy atom. The summed E-state index contributed by atoms with van der Waals surface area (Å²) in [7, 11) is 0. The van der Waals surface area contributed by atoms with Crippen molar-refractivity contribution in [1.29, 1.82) is 0 Å². The van der Waals surface area contributed by atoms with E-state index in [0.717, 1.165) is 18.5 Å². The zero-order valence-corrected chi connectivity index (χ0v) is 12.1. The van der Waals surface area contributed by atoms with E-state index in [4.69, 9.17) is 9.47 Å². The maximum atomic E-state index is 12.6. The van der Waals surface area contributed by atoms with Crippen molar-refractivity contribution in [1.82, 2.24) is 14.7 Å². The number of likely N-dealkylation sites (tertiary alicyclic amines) is 1. The van der Waals surface area contributed by atoms with Gasteiger partial charge in [-0.3, -0.25) is 9.48 Å². The van der Waals surface area contributed by atoms with Crippen LogP contribution < -0.4 is 0 Å². The van der Waals surface area contributed by atoms with Crippen molar-refractivity contribution < 1.29 is 14.3 Å². The number of piperidine rings is 1. The van der Waals surface area contributed by atoms with Crippen molar-refractivity contribution in [3.63, 3.8) is 0 Å². The van der Waals surface area contributed by atoms with Gasteiger partial charge in [-0.2, -0.15) is 5.10 Å². The highest BCUT2D eigenvalue weighted by Crippen LogP contribution is 2.31. The minimum absolute atomic E-state index is 0.0558. The zero-order chi connectivity index (χ0) is 14.2. The molecule has 6 nitrogen and oxygen atoms in total. The zero-order valence-electron chi connectivity index (χ0n) is 12.1. The summed E-state index contributed by atoms with van der Waals surface area (Å²) in [6.07, 6.45) is 1.50. The SMILES string of the molecule is CCn1nc(C)cc1C(=O)N1CCC2(CC1)OCCO2. The molecule has 1 aromatic heterocycles. The van der Waals surface area contributed by atoms with Crippen molar-refractivity contribution in [3.05, 3.63) is 17.5 Å². The van der Waals surface area contributed by atoms with Crippen LogP contribution in [0.4, 0.5) is 0 Å². The minimum Gasteiger partial charge on any atom is -0.347 e. The Kier molecular flexibility index (Phi) is 3.52. The average Bonchev–Trinajstić information content (AvgIpc) is 3.06. The molecule has 2 aliphatic heterocycles. The summed E-state index contributed by atoms with van der Waals surface area (Å²) in [6, 6.07) is 1.86. The van der Waals surface area contributed by atoms with Crippen molar-refractivity contribution in [2.45, 2.75) is 39.0 Å². The smallest absolute Gasteiger partial charge is 0.272 e. The molecule has 0 N–H and O–H groups in total. The third-order valence-electron chi connectivity index (χ3n) is 4.05. The van der Waals surface area contributed by atoms with E-state index in [1.54, 1.807) is 4.68 Å². The van der Waals surface area contributed by atoms with Gasteiger partial charge in [-0.15, -0.1) is 0 Å². The van der Waals surface area contributed by atoms with Gasteiger partial charge in [0, 0.05) is 32.5 Å². The van der Waals surface area contributed by atoms with E-state index in [-0.39, 0.29) is 5.91 Å². The minimum atomic E-state index is -0.433. The van der Waals surface area contributed by atoms with Crippen LogP contribution in [0.1, 0.15) is 35.9 Å². The van der Waals surface area contributed by atoms with Crippen molar-refractivity contribution in [3.8, 4) is 0 Å². The molecule has 3 rings (SSSR count). The van der Waals surface area contributed by atoms with Crippen molar-refractivity contribution in [2.75, 3.05) is 26.3 Å². The molecule has 1 amide bonds. The second-order valence-corrected chi connectivity index (χ2v) is 5.39. The molecule has 6 heteroatoms. The Hall–Kier alpha value is -1.40. The highest BCUT2D eigenvalue weighted by molar-refractivity contribution is 5.92. The highest BCUT2D eigenvalue weighted by Gasteiger charge is 2.41. The first kappa shape index (κ1) is 13.6. The number of hydrogen-bond acceptors (Lipinski definition) is 4. The van der Waals surface area contributed by atoms with Crippen LogP contribution in [0.15, 0.2) is 6.07 Å². The molecule has 0 aliphatic carbocycles. The standard InChI is InChI=1S/C14H21N3O3/c1-3-17-12(10-11(2)15-17)13(18)16-6-4-14(5-7-16)19-8-9-20-14/h10H,3-9H2,1-2H3. The van der Waals surface area contributed by atoms with E-state index >= 15 is 0 Å². The molecule has 2 fully saturated rings. The van der Waals surface area contributed by atoms with Gasteiger partial charge >= 0.3 is 0 Å². The number of amides is 1. The fraction of sp³-hybridized carbons (Fsp3) is 0.714. The molecule has 20 heavy (non-hydrogen) atoms. The lowest BCUT2D eigenvalue weighted by Gasteiger charge is -2.37. The van der Waals surface area contributed by atoms with Gasteiger partial charge in [0.15, 0.2) is 5.79 Å². The van der Waals surface area contributed by atoms with Crippen LogP contribution in [0.3, 0.4) is 0 Å². The molecule has 0 radical (unpaired) electrons. The molecule has 2 aliphatic rings. The topological polar surface area (TPSA) is 56.6 Å². The van der Waals surface area contributed by atoms with Gasteiger partial charge in [0.05, 0.1) is 18.9 Å². The quantitative estimate of drug-likeness (QED) is 0.816. The fourth-order valence-electron chi connectivity index (χ4n) is 2.96. The first-order chi connectivity index (χ1) is 9.63. The van der Waals surface area contributed by atoms with Crippen LogP contribution in [0.5, 0.6) is 0 Å². The Morgan fingerprint density at radius 3 is 2.60 bits per heavy atom. The van der Waals surface area contributed by atoms with Gasteiger partial charge in [-0.25, -0.2) is 0 Å². The Bertz CT molecular complexity index is 496. The normalized spacial score (nSPS) is 21.6. The van der Waals surface area contributed by atoms with E-state index in [9.17, 15) is 4.79 Å². The Morgan fingerprint density at radius 2 is 2.00 bits per heavy atom.